The van der Waals surface area contributed by atoms with Crippen LogP contribution < -0.4 is 5.32 Å². The highest BCUT2D eigenvalue weighted by molar-refractivity contribution is 7.98. The number of hydrogen-bond acceptors (Lipinski definition) is 5. The maximum absolute atomic E-state index is 12.6. The van der Waals surface area contributed by atoms with Crippen LogP contribution in [-0.2, 0) is 19.8 Å². The molecule has 0 bridgehead atoms. The summed E-state index contributed by atoms with van der Waals surface area (Å²) in [7, 11) is 0. The van der Waals surface area contributed by atoms with Crippen molar-refractivity contribution in [3.8, 4) is 0 Å². The molecule has 0 aromatic heterocycles. The Morgan fingerprint density at radius 2 is 1.96 bits per heavy atom. The van der Waals surface area contributed by atoms with Gasteiger partial charge in [0.2, 0.25) is 5.91 Å². The third-order valence-electron chi connectivity index (χ3n) is 3.98. The Bertz CT molecular complexity index is 710. The minimum Gasteiger partial charge on any atom is -0.480 e. The second-order valence-electron chi connectivity index (χ2n) is 5.81. The number of thioether (sulfide) groups is 1. The number of amides is 1. The highest BCUT2D eigenvalue weighted by Gasteiger charge is 2.49. The molecular weight excluding hydrogens is 318 g/mol. The van der Waals surface area contributed by atoms with Crippen molar-refractivity contribution in [2.24, 2.45) is 5.92 Å². The van der Waals surface area contributed by atoms with Gasteiger partial charge in [0.15, 0.2) is 17.5 Å². The Morgan fingerprint density at radius 3 is 2.52 bits per heavy atom. The molecule has 1 aliphatic rings. The first-order chi connectivity index (χ1) is 10.7. The minimum absolute atomic E-state index is 0.344. The van der Waals surface area contributed by atoms with E-state index >= 15 is 0 Å². The van der Waals surface area contributed by atoms with Crippen molar-refractivity contribution >= 4 is 35.2 Å². The molecule has 0 aliphatic heterocycles. The van der Waals surface area contributed by atoms with Gasteiger partial charge in [-0.15, -0.1) is 11.8 Å². The largest absolute Gasteiger partial charge is 0.480 e. The average Bonchev–Trinajstić information content (AvgIpc) is 2.51. The van der Waals surface area contributed by atoms with Gasteiger partial charge in [-0.1, -0.05) is 6.07 Å². The lowest BCUT2D eigenvalue weighted by atomic mass is 9.66. The molecule has 0 saturated carbocycles. The van der Waals surface area contributed by atoms with Crippen molar-refractivity contribution in [1.82, 2.24) is 5.32 Å². The zero-order valence-corrected chi connectivity index (χ0v) is 13.8. The van der Waals surface area contributed by atoms with E-state index in [1.165, 1.54) is 11.8 Å². The Kier molecular flexibility index (Phi) is 4.61. The zero-order chi connectivity index (χ0) is 17.4. The van der Waals surface area contributed by atoms with Crippen molar-refractivity contribution in [1.29, 1.82) is 0 Å². The van der Waals surface area contributed by atoms with Crippen LogP contribution in [0.5, 0.6) is 0 Å². The van der Waals surface area contributed by atoms with Gasteiger partial charge in [-0.25, -0.2) is 0 Å². The van der Waals surface area contributed by atoms with Crippen LogP contribution in [0.25, 0.3) is 0 Å². The minimum atomic E-state index is -1.51. The topological polar surface area (TPSA) is 101 Å². The van der Waals surface area contributed by atoms with E-state index in [1.54, 1.807) is 26.0 Å². The molecule has 1 aliphatic carbocycles. The molecule has 0 fully saturated rings. The number of aliphatic carboxylic acids is 1. The smallest absolute Gasteiger partial charge is 0.322 e. The number of Topliss-reactive ketones (excluding diaryl/α,β-unsaturated/α-hetero) is 2. The number of benzene rings is 1. The van der Waals surface area contributed by atoms with Crippen molar-refractivity contribution < 1.29 is 24.3 Å². The van der Waals surface area contributed by atoms with E-state index in [4.69, 9.17) is 5.11 Å². The molecule has 0 radical (unpaired) electrons. The van der Waals surface area contributed by atoms with Gasteiger partial charge < -0.3 is 10.4 Å². The summed E-state index contributed by atoms with van der Waals surface area (Å²) in [6.45, 7) is 2.70. The first-order valence-corrected chi connectivity index (χ1v) is 8.19. The van der Waals surface area contributed by atoms with Crippen molar-refractivity contribution in [2.45, 2.75) is 24.2 Å². The van der Waals surface area contributed by atoms with Crippen LogP contribution in [0.1, 0.15) is 29.8 Å². The SMILES string of the molecule is CSc1ccc2c(c1)C(=O)C(C(=O)NCC(=O)O)C(=O)C2(C)C. The summed E-state index contributed by atoms with van der Waals surface area (Å²) in [4.78, 5) is 48.8. The van der Waals surface area contributed by atoms with E-state index in [2.05, 4.69) is 5.32 Å². The Balaban J connectivity index is 2.47. The van der Waals surface area contributed by atoms with Gasteiger partial charge in [-0.2, -0.15) is 0 Å². The molecule has 0 spiro atoms. The van der Waals surface area contributed by atoms with Gasteiger partial charge in [0, 0.05) is 10.5 Å². The normalized spacial score (nSPS) is 19.2. The molecule has 2 rings (SSSR count). The van der Waals surface area contributed by atoms with Gasteiger partial charge in [0.1, 0.15) is 6.54 Å². The highest BCUT2D eigenvalue weighted by atomic mass is 32.2. The third kappa shape index (κ3) is 3.01. The van der Waals surface area contributed by atoms with Crippen molar-refractivity contribution in [3.63, 3.8) is 0 Å². The maximum Gasteiger partial charge on any atom is 0.322 e. The highest BCUT2D eigenvalue weighted by Crippen LogP contribution is 2.38. The van der Waals surface area contributed by atoms with Crippen LogP contribution in [0.4, 0.5) is 0 Å². The van der Waals surface area contributed by atoms with Crippen LogP contribution in [-0.4, -0.2) is 41.4 Å². The number of ketones is 2. The molecule has 23 heavy (non-hydrogen) atoms. The number of rotatable bonds is 4. The molecule has 0 saturated heterocycles. The van der Waals surface area contributed by atoms with Crippen LogP contribution >= 0.6 is 11.8 Å². The molecule has 0 heterocycles. The van der Waals surface area contributed by atoms with Gasteiger partial charge in [-0.05, 0) is 37.8 Å². The number of carbonyl (C=O) groups excluding carboxylic acids is 3. The van der Waals surface area contributed by atoms with E-state index in [-0.39, 0.29) is 0 Å². The third-order valence-corrected chi connectivity index (χ3v) is 4.71. The first-order valence-electron chi connectivity index (χ1n) is 6.96. The lowest BCUT2D eigenvalue weighted by molar-refractivity contribution is -0.140. The fourth-order valence-corrected chi connectivity index (χ4v) is 3.11. The molecule has 1 aromatic carbocycles. The van der Waals surface area contributed by atoms with Crippen LogP contribution in [0.3, 0.4) is 0 Å². The summed E-state index contributed by atoms with van der Waals surface area (Å²) < 4.78 is 0. The molecule has 1 aromatic rings. The summed E-state index contributed by atoms with van der Waals surface area (Å²) in [6.07, 6.45) is 1.86. The predicted molar refractivity (Wildman–Crippen MR) is 84.7 cm³/mol. The molecule has 1 atom stereocenters. The molecule has 6 nitrogen and oxygen atoms in total. The van der Waals surface area contributed by atoms with Gasteiger partial charge in [0.05, 0.1) is 5.41 Å². The fourth-order valence-electron chi connectivity index (χ4n) is 2.67. The standard InChI is InChI=1S/C16H17NO5S/c1-16(2)10-5-4-8(23-3)6-9(10)13(20)12(14(16)21)15(22)17-7-11(18)19/h4-6,12H,7H2,1-3H3,(H,17,22)(H,18,19). The van der Waals surface area contributed by atoms with Crippen molar-refractivity contribution in [3.05, 3.63) is 29.3 Å². The maximum atomic E-state index is 12.6. The molecule has 2 N–H and O–H groups in total. The van der Waals surface area contributed by atoms with E-state index in [0.717, 1.165) is 4.90 Å². The molecular formula is C16H17NO5S. The second-order valence-corrected chi connectivity index (χ2v) is 6.69. The Hall–Kier alpha value is -2.15. The van der Waals surface area contributed by atoms with E-state index in [9.17, 15) is 19.2 Å². The van der Waals surface area contributed by atoms with Crippen LogP contribution in [0.15, 0.2) is 23.1 Å². The summed E-state index contributed by atoms with van der Waals surface area (Å²) in [5.74, 6) is -4.71. The van der Waals surface area contributed by atoms with Gasteiger partial charge in [0.25, 0.3) is 0 Å². The van der Waals surface area contributed by atoms with Gasteiger partial charge in [-0.3, -0.25) is 19.2 Å². The zero-order valence-electron chi connectivity index (χ0n) is 13.0. The second kappa shape index (κ2) is 6.16. The molecule has 1 amide bonds. The lowest BCUT2D eigenvalue weighted by Gasteiger charge is -2.34. The van der Waals surface area contributed by atoms with E-state index < -0.39 is 41.3 Å². The molecule has 7 heteroatoms. The van der Waals surface area contributed by atoms with Gasteiger partial charge >= 0.3 is 5.97 Å². The van der Waals surface area contributed by atoms with E-state index in [0.29, 0.717) is 11.1 Å². The summed E-state index contributed by atoms with van der Waals surface area (Å²) >= 11 is 1.45. The molecule has 122 valence electrons. The number of carboxylic acids is 1. The first kappa shape index (κ1) is 17.2. The summed E-state index contributed by atoms with van der Waals surface area (Å²) in [5.41, 5.74) is -0.0599. The number of carbonyl (C=O) groups is 4. The Morgan fingerprint density at radius 1 is 1.30 bits per heavy atom. The summed E-state index contributed by atoms with van der Waals surface area (Å²) in [6, 6.07) is 5.24. The lowest BCUT2D eigenvalue weighted by Crippen LogP contribution is -2.51. The van der Waals surface area contributed by atoms with Crippen LogP contribution in [0, 0.1) is 5.92 Å². The van der Waals surface area contributed by atoms with Crippen molar-refractivity contribution in [2.75, 3.05) is 12.8 Å². The number of nitrogens with one attached hydrogen (secondary N) is 1. The number of hydrogen-bond donors (Lipinski definition) is 2. The average molecular weight is 335 g/mol. The monoisotopic (exact) mass is 335 g/mol. The molecule has 1 unspecified atom stereocenters. The predicted octanol–water partition coefficient (Wildman–Crippen LogP) is 1.27. The van der Waals surface area contributed by atoms with Crippen LogP contribution in [0.2, 0.25) is 0 Å². The number of carboxylic acid groups (broad SMARTS) is 1. The fraction of sp³-hybridized carbons (Fsp3) is 0.375. The Labute approximate surface area is 137 Å². The van der Waals surface area contributed by atoms with E-state index in [1.807, 2.05) is 12.3 Å². The quantitative estimate of drug-likeness (QED) is 0.635. The number of fused-ring (bicyclic) bond motifs is 1. The summed E-state index contributed by atoms with van der Waals surface area (Å²) in [5, 5.41) is 10.8.